The Hall–Kier alpha value is -0.970. The number of β-amino-alcohol motifs (C(OH)–C–C–N with tert-alkyl or cyclic N) is 1. The molecule has 3 N–H and O–H groups in total. The maximum absolute atomic E-state index is 10.0. The molecule has 1 aliphatic heterocycles. The van der Waals surface area contributed by atoms with Gasteiger partial charge in [-0.3, -0.25) is 9.88 Å². The van der Waals surface area contributed by atoms with E-state index in [-0.39, 0.29) is 12.1 Å². The number of aliphatic hydroxyl groups is 1. The van der Waals surface area contributed by atoms with Crippen LogP contribution in [0.25, 0.3) is 0 Å². The molecule has 0 amide bonds. The molecule has 2 heterocycles. The summed E-state index contributed by atoms with van der Waals surface area (Å²) in [5, 5.41) is 10.0. The molecule has 1 aromatic rings. The molecule has 17 heavy (non-hydrogen) atoms. The molecule has 1 aromatic heterocycles. The Kier molecular flexibility index (Phi) is 3.47. The molecular formula is C13H21N3O. The highest BCUT2D eigenvalue weighted by atomic mass is 16.3. The summed E-state index contributed by atoms with van der Waals surface area (Å²) in [5.41, 5.74) is 6.62. The van der Waals surface area contributed by atoms with Crippen LogP contribution in [0.1, 0.15) is 31.9 Å². The zero-order valence-corrected chi connectivity index (χ0v) is 10.5. The van der Waals surface area contributed by atoms with Gasteiger partial charge in [0.15, 0.2) is 0 Å². The van der Waals surface area contributed by atoms with Crippen molar-refractivity contribution in [3.8, 4) is 0 Å². The van der Waals surface area contributed by atoms with Gasteiger partial charge in [-0.2, -0.15) is 0 Å². The van der Waals surface area contributed by atoms with Crippen LogP contribution in [-0.4, -0.2) is 39.7 Å². The fraction of sp³-hybridized carbons (Fsp3) is 0.615. The number of hydrogen-bond donors (Lipinski definition) is 2. The van der Waals surface area contributed by atoms with Crippen molar-refractivity contribution in [3.05, 3.63) is 30.1 Å². The number of likely N-dealkylation sites (tertiary alicyclic amines) is 1. The van der Waals surface area contributed by atoms with E-state index in [0.29, 0.717) is 6.54 Å². The van der Waals surface area contributed by atoms with E-state index in [1.807, 2.05) is 32.2 Å². The quantitative estimate of drug-likeness (QED) is 0.818. The maximum Gasteiger partial charge on any atom is 0.0758 e. The van der Waals surface area contributed by atoms with Crippen LogP contribution >= 0.6 is 0 Å². The highest BCUT2D eigenvalue weighted by molar-refractivity contribution is 5.17. The van der Waals surface area contributed by atoms with Gasteiger partial charge in [0.1, 0.15) is 0 Å². The molecule has 0 saturated carbocycles. The topological polar surface area (TPSA) is 62.4 Å². The Morgan fingerprint density at radius 3 is 2.82 bits per heavy atom. The number of aromatic nitrogens is 1. The smallest absolute Gasteiger partial charge is 0.0758 e. The Labute approximate surface area is 102 Å². The Morgan fingerprint density at radius 2 is 2.35 bits per heavy atom. The van der Waals surface area contributed by atoms with Crippen molar-refractivity contribution in [2.45, 2.75) is 38.0 Å². The van der Waals surface area contributed by atoms with Crippen molar-refractivity contribution in [1.29, 1.82) is 0 Å². The molecule has 1 aliphatic rings. The summed E-state index contributed by atoms with van der Waals surface area (Å²) in [4.78, 5) is 6.40. The van der Waals surface area contributed by atoms with Gasteiger partial charge in [-0.05, 0) is 31.9 Å². The predicted molar refractivity (Wildman–Crippen MR) is 67.4 cm³/mol. The van der Waals surface area contributed by atoms with E-state index in [4.69, 9.17) is 5.73 Å². The first kappa shape index (κ1) is 12.5. The molecule has 4 nitrogen and oxygen atoms in total. The average molecular weight is 235 g/mol. The minimum atomic E-state index is -0.588. The first-order valence-corrected chi connectivity index (χ1v) is 6.11. The van der Waals surface area contributed by atoms with Gasteiger partial charge in [0.2, 0.25) is 0 Å². The van der Waals surface area contributed by atoms with Crippen LogP contribution in [0.15, 0.2) is 24.5 Å². The van der Waals surface area contributed by atoms with E-state index in [1.165, 1.54) is 0 Å². The summed E-state index contributed by atoms with van der Waals surface area (Å²) in [6.45, 7) is 5.45. The van der Waals surface area contributed by atoms with Crippen LogP contribution < -0.4 is 5.73 Å². The molecule has 0 spiro atoms. The lowest BCUT2D eigenvalue weighted by molar-refractivity contribution is 0.0601. The van der Waals surface area contributed by atoms with Crippen molar-refractivity contribution < 1.29 is 5.11 Å². The van der Waals surface area contributed by atoms with Gasteiger partial charge in [0.25, 0.3) is 0 Å². The van der Waals surface area contributed by atoms with Crippen LogP contribution in [0.3, 0.4) is 0 Å². The Morgan fingerprint density at radius 1 is 1.59 bits per heavy atom. The third kappa shape index (κ3) is 2.83. The minimum Gasteiger partial charge on any atom is -0.389 e. The highest BCUT2D eigenvalue weighted by Gasteiger charge is 2.36. The fourth-order valence-electron chi connectivity index (χ4n) is 2.62. The first-order valence-electron chi connectivity index (χ1n) is 6.11. The van der Waals surface area contributed by atoms with Crippen LogP contribution in [0.5, 0.6) is 0 Å². The third-order valence-corrected chi connectivity index (χ3v) is 3.40. The monoisotopic (exact) mass is 235 g/mol. The van der Waals surface area contributed by atoms with Crippen LogP contribution in [0, 0.1) is 0 Å². The summed E-state index contributed by atoms with van der Waals surface area (Å²) < 4.78 is 0. The zero-order chi connectivity index (χ0) is 12.5. The van der Waals surface area contributed by atoms with Crippen LogP contribution in [-0.2, 0) is 0 Å². The molecule has 3 unspecified atom stereocenters. The first-order chi connectivity index (χ1) is 7.99. The lowest BCUT2D eigenvalue weighted by Gasteiger charge is -2.31. The van der Waals surface area contributed by atoms with E-state index >= 15 is 0 Å². The van der Waals surface area contributed by atoms with Gasteiger partial charge in [-0.15, -0.1) is 0 Å². The minimum absolute atomic E-state index is 0.0214. The number of pyridine rings is 1. The Balaban J connectivity index is 2.20. The average Bonchev–Trinajstić information content (AvgIpc) is 2.60. The van der Waals surface area contributed by atoms with Crippen molar-refractivity contribution >= 4 is 0 Å². The standard InChI is InChI=1S/C13H21N3O/c1-10(14)12(11-4-3-6-15-8-11)16-7-5-13(2,17)9-16/h3-4,6,8,10,12,17H,5,7,9,14H2,1-2H3. The summed E-state index contributed by atoms with van der Waals surface area (Å²) in [6.07, 6.45) is 4.43. The van der Waals surface area contributed by atoms with Gasteiger partial charge >= 0.3 is 0 Å². The molecule has 0 radical (unpaired) electrons. The molecule has 2 rings (SSSR count). The maximum atomic E-state index is 10.0. The Bertz CT molecular complexity index is 364. The third-order valence-electron chi connectivity index (χ3n) is 3.40. The molecule has 3 atom stereocenters. The number of nitrogens with zero attached hydrogens (tertiary/aromatic N) is 2. The van der Waals surface area contributed by atoms with Gasteiger partial charge in [0.05, 0.1) is 11.6 Å². The predicted octanol–water partition coefficient (Wildman–Crippen LogP) is 0.927. The number of nitrogens with two attached hydrogens (primary N) is 1. The molecular weight excluding hydrogens is 214 g/mol. The highest BCUT2D eigenvalue weighted by Crippen LogP contribution is 2.30. The second kappa shape index (κ2) is 4.72. The zero-order valence-electron chi connectivity index (χ0n) is 10.5. The lowest BCUT2D eigenvalue weighted by atomic mass is 10.0. The van der Waals surface area contributed by atoms with Crippen molar-refractivity contribution in [1.82, 2.24) is 9.88 Å². The molecule has 94 valence electrons. The molecule has 0 aliphatic carbocycles. The fourth-order valence-corrected chi connectivity index (χ4v) is 2.62. The second-order valence-electron chi connectivity index (χ2n) is 5.31. The van der Waals surface area contributed by atoms with E-state index in [0.717, 1.165) is 18.5 Å². The van der Waals surface area contributed by atoms with Crippen molar-refractivity contribution in [3.63, 3.8) is 0 Å². The summed E-state index contributed by atoms with van der Waals surface area (Å²) in [7, 11) is 0. The summed E-state index contributed by atoms with van der Waals surface area (Å²) >= 11 is 0. The number of hydrogen-bond acceptors (Lipinski definition) is 4. The summed E-state index contributed by atoms with van der Waals surface area (Å²) in [6, 6.07) is 4.14. The molecule has 0 bridgehead atoms. The van der Waals surface area contributed by atoms with E-state index in [2.05, 4.69) is 9.88 Å². The van der Waals surface area contributed by atoms with E-state index in [1.54, 1.807) is 6.20 Å². The normalized spacial score (nSPS) is 29.2. The largest absolute Gasteiger partial charge is 0.389 e. The summed E-state index contributed by atoms with van der Waals surface area (Å²) in [5.74, 6) is 0. The SMILES string of the molecule is CC(N)C(c1cccnc1)N1CCC(C)(O)C1. The van der Waals surface area contributed by atoms with Gasteiger partial charge in [-0.25, -0.2) is 0 Å². The van der Waals surface area contributed by atoms with Crippen molar-refractivity contribution in [2.75, 3.05) is 13.1 Å². The van der Waals surface area contributed by atoms with Crippen LogP contribution in [0.4, 0.5) is 0 Å². The van der Waals surface area contributed by atoms with Crippen molar-refractivity contribution in [2.24, 2.45) is 5.73 Å². The molecule has 4 heteroatoms. The number of rotatable bonds is 3. The molecule has 0 aromatic carbocycles. The van der Waals surface area contributed by atoms with E-state index < -0.39 is 5.60 Å². The second-order valence-corrected chi connectivity index (χ2v) is 5.31. The van der Waals surface area contributed by atoms with Gasteiger partial charge < -0.3 is 10.8 Å². The molecule has 1 saturated heterocycles. The van der Waals surface area contributed by atoms with Gasteiger partial charge in [-0.1, -0.05) is 6.07 Å². The van der Waals surface area contributed by atoms with Crippen LogP contribution in [0.2, 0.25) is 0 Å². The molecule has 1 fully saturated rings. The lowest BCUT2D eigenvalue weighted by Crippen LogP contribution is -2.40. The van der Waals surface area contributed by atoms with Gasteiger partial charge in [0, 0.05) is 31.5 Å². The van der Waals surface area contributed by atoms with E-state index in [9.17, 15) is 5.11 Å².